The topological polar surface area (TPSA) is 106 Å². The van der Waals surface area contributed by atoms with Crippen molar-refractivity contribution in [2.75, 3.05) is 22.8 Å². The fraction of sp³-hybridized carbons (Fsp3) is 0.474. The number of hydrogen-bond acceptors (Lipinski definition) is 5. The summed E-state index contributed by atoms with van der Waals surface area (Å²) >= 11 is 0. The molecule has 2 amide bonds. The lowest BCUT2D eigenvalue weighted by Gasteiger charge is -2.33. The van der Waals surface area contributed by atoms with Gasteiger partial charge < -0.3 is 10.1 Å². The van der Waals surface area contributed by atoms with Crippen molar-refractivity contribution in [3.63, 3.8) is 0 Å². The summed E-state index contributed by atoms with van der Waals surface area (Å²) in [7, 11) is -2.43. The number of ether oxygens (including phenoxy) is 1. The highest BCUT2D eigenvalue weighted by molar-refractivity contribution is 7.91. The summed E-state index contributed by atoms with van der Waals surface area (Å²) in [5.41, 5.74) is 3.00. The third-order valence-corrected chi connectivity index (χ3v) is 6.22. The van der Waals surface area contributed by atoms with Crippen molar-refractivity contribution < 1.29 is 17.9 Å². The fourth-order valence-corrected chi connectivity index (χ4v) is 4.81. The van der Waals surface area contributed by atoms with Crippen LogP contribution in [0.15, 0.2) is 30.6 Å². The molecular weight excluding hydrogens is 394 g/mol. The largest absolute Gasteiger partial charge is 0.381 e. The molecule has 1 aromatic carbocycles. The van der Waals surface area contributed by atoms with Crippen LogP contribution in [0.5, 0.6) is 0 Å². The highest BCUT2D eigenvalue weighted by atomic mass is 32.2. The van der Waals surface area contributed by atoms with Gasteiger partial charge in [0.1, 0.15) is 0 Å². The number of nitrogens with one attached hydrogen (secondary N) is 2. The smallest absolute Gasteiger partial charge is 0.334 e. The first-order valence-corrected chi connectivity index (χ1v) is 11.0. The normalized spacial score (nSPS) is 15.1. The predicted molar refractivity (Wildman–Crippen MR) is 111 cm³/mol. The van der Waals surface area contributed by atoms with Crippen molar-refractivity contribution in [2.45, 2.75) is 39.2 Å². The van der Waals surface area contributed by atoms with Crippen LogP contribution < -0.4 is 14.3 Å². The first kappa shape index (κ1) is 21.1. The number of carbonyl (C=O) groups excluding carboxylic acids is 1. The Morgan fingerprint density at radius 3 is 2.66 bits per heavy atom. The Morgan fingerprint density at radius 1 is 1.31 bits per heavy atom. The van der Waals surface area contributed by atoms with E-state index in [1.54, 1.807) is 19.3 Å². The summed E-state index contributed by atoms with van der Waals surface area (Å²) in [5.74, 6) is 0. The van der Waals surface area contributed by atoms with Gasteiger partial charge in [0.05, 0.1) is 17.9 Å². The van der Waals surface area contributed by atoms with Crippen molar-refractivity contribution in [3.05, 3.63) is 41.7 Å². The van der Waals surface area contributed by atoms with Gasteiger partial charge in [-0.3, -0.25) is 4.68 Å². The van der Waals surface area contributed by atoms with Gasteiger partial charge in [-0.2, -0.15) is 13.5 Å². The van der Waals surface area contributed by atoms with Crippen LogP contribution in [0.2, 0.25) is 0 Å². The number of urea groups is 1. The van der Waals surface area contributed by atoms with Crippen molar-refractivity contribution >= 4 is 27.6 Å². The van der Waals surface area contributed by atoms with Crippen LogP contribution in [0.25, 0.3) is 0 Å². The lowest BCUT2D eigenvalue weighted by Crippen LogP contribution is -2.51. The molecule has 0 bridgehead atoms. The Labute approximate surface area is 171 Å². The van der Waals surface area contributed by atoms with Crippen LogP contribution in [0.3, 0.4) is 0 Å². The molecule has 0 spiro atoms. The SMILES string of the molecule is CCc1cc(C)cc(NC(=O)NS(=O)(=O)N(c2cnn(C)c2)C2CCOCC2)c1. The number of amides is 2. The Hall–Kier alpha value is -2.59. The van der Waals surface area contributed by atoms with E-state index in [0.29, 0.717) is 37.4 Å². The minimum Gasteiger partial charge on any atom is -0.381 e. The molecule has 2 aromatic rings. The quantitative estimate of drug-likeness (QED) is 0.745. The van der Waals surface area contributed by atoms with Crippen molar-refractivity contribution in [3.8, 4) is 0 Å². The second-order valence-corrected chi connectivity index (χ2v) is 8.68. The Kier molecular flexibility index (Phi) is 6.43. The van der Waals surface area contributed by atoms with Crippen molar-refractivity contribution in [1.29, 1.82) is 0 Å². The molecule has 1 aromatic heterocycles. The zero-order chi connectivity index (χ0) is 21.0. The monoisotopic (exact) mass is 421 g/mol. The molecule has 0 atom stereocenters. The molecule has 1 fully saturated rings. The second kappa shape index (κ2) is 8.83. The van der Waals surface area contributed by atoms with E-state index < -0.39 is 16.2 Å². The molecule has 1 aliphatic rings. The van der Waals surface area contributed by atoms with E-state index in [2.05, 4.69) is 15.1 Å². The molecule has 2 N–H and O–H groups in total. The van der Waals surface area contributed by atoms with E-state index in [9.17, 15) is 13.2 Å². The van der Waals surface area contributed by atoms with Gasteiger partial charge >= 0.3 is 16.2 Å². The number of benzene rings is 1. The van der Waals surface area contributed by atoms with Gasteiger partial charge in [0.2, 0.25) is 0 Å². The molecule has 29 heavy (non-hydrogen) atoms. The number of carbonyl (C=O) groups is 1. The van der Waals surface area contributed by atoms with Crippen LogP contribution in [0.4, 0.5) is 16.2 Å². The van der Waals surface area contributed by atoms with Gasteiger partial charge in [-0.1, -0.05) is 13.0 Å². The van der Waals surface area contributed by atoms with E-state index in [1.165, 1.54) is 15.2 Å². The highest BCUT2D eigenvalue weighted by Crippen LogP contribution is 2.25. The van der Waals surface area contributed by atoms with Gasteiger partial charge in [0, 0.05) is 32.1 Å². The third-order valence-electron chi connectivity index (χ3n) is 4.75. The van der Waals surface area contributed by atoms with Gasteiger partial charge in [0.15, 0.2) is 0 Å². The molecule has 9 nitrogen and oxygen atoms in total. The number of anilines is 2. The number of nitrogens with zero attached hydrogens (tertiary/aromatic N) is 3. The second-order valence-electron chi connectivity index (χ2n) is 7.13. The van der Waals surface area contributed by atoms with Crippen LogP contribution in [0.1, 0.15) is 30.9 Å². The average molecular weight is 422 g/mol. The first-order valence-electron chi connectivity index (χ1n) is 9.58. The molecule has 0 radical (unpaired) electrons. The molecule has 10 heteroatoms. The van der Waals surface area contributed by atoms with E-state index in [0.717, 1.165) is 17.5 Å². The first-order chi connectivity index (χ1) is 13.8. The average Bonchev–Trinajstić information content (AvgIpc) is 3.06. The molecule has 2 heterocycles. The summed E-state index contributed by atoms with van der Waals surface area (Å²) in [6.45, 7) is 4.87. The molecule has 158 valence electrons. The van der Waals surface area contributed by atoms with Gasteiger partial charge in [-0.05, 0) is 49.4 Å². The maximum Gasteiger partial charge on any atom is 0.334 e. The summed E-state index contributed by atoms with van der Waals surface area (Å²) in [4.78, 5) is 12.5. The highest BCUT2D eigenvalue weighted by Gasteiger charge is 2.33. The van der Waals surface area contributed by atoms with Crippen LogP contribution >= 0.6 is 0 Å². The van der Waals surface area contributed by atoms with Gasteiger partial charge in [0.25, 0.3) is 0 Å². The standard InChI is InChI=1S/C19H27N5O4S/c1-4-15-9-14(2)10-16(11-15)21-19(25)22-29(26,27)24(17-5-7-28-8-6-17)18-12-20-23(3)13-18/h9-13,17H,4-8H2,1-3H3,(H2,21,22,25). The summed E-state index contributed by atoms with van der Waals surface area (Å²) in [6.07, 6.45) is 4.97. The molecule has 3 rings (SSSR count). The van der Waals surface area contributed by atoms with Crippen LogP contribution in [0, 0.1) is 6.92 Å². The lowest BCUT2D eigenvalue weighted by molar-refractivity contribution is 0.0875. The van der Waals surface area contributed by atoms with Crippen LogP contribution in [-0.2, 0) is 28.4 Å². The van der Waals surface area contributed by atoms with E-state index in [4.69, 9.17) is 4.74 Å². The zero-order valence-electron chi connectivity index (χ0n) is 16.9. The summed E-state index contributed by atoms with van der Waals surface area (Å²) < 4.78 is 36.5. The number of hydrogen-bond donors (Lipinski definition) is 2. The van der Waals surface area contributed by atoms with E-state index in [1.807, 2.05) is 26.0 Å². The molecule has 1 saturated heterocycles. The molecular formula is C19H27N5O4S. The van der Waals surface area contributed by atoms with E-state index in [-0.39, 0.29) is 6.04 Å². The fourth-order valence-electron chi connectivity index (χ4n) is 3.45. The predicted octanol–water partition coefficient (Wildman–Crippen LogP) is 2.34. The van der Waals surface area contributed by atoms with Crippen molar-refractivity contribution in [2.24, 2.45) is 7.05 Å². The number of aryl methyl sites for hydroxylation is 3. The number of aromatic nitrogens is 2. The third kappa shape index (κ3) is 5.27. The summed E-state index contributed by atoms with van der Waals surface area (Å²) in [5, 5.41) is 6.70. The summed E-state index contributed by atoms with van der Waals surface area (Å²) in [6, 6.07) is 4.52. The molecule has 0 unspecified atom stereocenters. The van der Waals surface area contributed by atoms with Crippen molar-refractivity contribution in [1.82, 2.24) is 14.5 Å². The minimum atomic E-state index is -4.14. The zero-order valence-corrected chi connectivity index (χ0v) is 17.7. The van der Waals surface area contributed by atoms with Gasteiger partial charge in [-0.25, -0.2) is 13.8 Å². The maximum atomic E-state index is 13.1. The number of rotatable bonds is 6. The Bertz CT molecular complexity index is 967. The minimum absolute atomic E-state index is 0.316. The van der Waals surface area contributed by atoms with Crippen LogP contribution in [-0.4, -0.2) is 43.5 Å². The Balaban J connectivity index is 1.80. The van der Waals surface area contributed by atoms with E-state index >= 15 is 0 Å². The maximum absolute atomic E-state index is 13.1. The Morgan fingerprint density at radius 2 is 2.03 bits per heavy atom. The molecule has 0 aliphatic carbocycles. The lowest BCUT2D eigenvalue weighted by atomic mass is 10.1. The molecule has 0 saturated carbocycles. The molecule has 1 aliphatic heterocycles. The van der Waals surface area contributed by atoms with Gasteiger partial charge in [-0.15, -0.1) is 0 Å².